The van der Waals surface area contributed by atoms with Crippen LogP contribution in [0.4, 0.5) is 18.2 Å². The van der Waals surface area contributed by atoms with Gasteiger partial charge in [-0.2, -0.15) is 8.42 Å². The Morgan fingerprint density at radius 1 is 1.15 bits per heavy atom. The van der Waals surface area contributed by atoms with E-state index >= 15 is 0 Å². The number of halogens is 3. The van der Waals surface area contributed by atoms with Crippen molar-refractivity contribution in [2.45, 2.75) is 49.7 Å². The number of anilines is 1. The highest BCUT2D eigenvalue weighted by Gasteiger charge is 2.54. The van der Waals surface area contributed by atoms with Crippen molar-refractivity contribution >= 4 is 48.1 Å². The SMILES string of the molecule is CS(=O)(=O)NCc1csc2c1S(=O)(=O)N=C(C1=C(O)C3C4CCC(CC4)C3N(Cc3cc(F)c(F)c(F)c3)C1=O)N2. The van der Waals surface area contributed by atoms with Crippen molar-refractivity contribution in [3.8, 4) is 0 Å². The number of aliphatic hydroxyl groups is 1. The van der Waals surface area contributed by atoms with Gasteiger partial charge in [-0.15, -0.1) is 15.7 Å². The number of sulfonamides is 2. The molecule has 0 saturated heterocycles. The molecule has 2 unspecified atom stereocenters. The number of hydrogen-bond donors (Lipinski definition) is 3. The standard InChI is InChI=1S/C25H25F3N4O6S3/c1-40(35,36)29-8-14-10-39-24-22(14)41(37,38)31-23(30-24)18-21(33)17-12-2-4-13(5-3-12)20(17)32(25(18)34)9-11-6-15(26)19(28)16(27)7-11/h6-7,10,12-13,17,20,29,33H,2-5,8-9H2,1H3,(H,30,31). The summed E-state index contributed by atoms with van der Waals surface area (Å²) in [4.78, 5) is 15.1. The monoisotopic (exact) mass is 630 g/mol. The fraction of sp³-hybridized carbons (Fsp3) is 0.440. The fourth-order valence-corrected chi connectivity index (χ4v) is 9.61. The Morgan fingerprint density at radius 2 is 1.78 bits per heavy atom. The van der Waals surface area contributed by atoms with Crippen molar-refractivity contribution in [2.75, 3.05) is 11.6 Å². The third-order valence-corrected chi connectivity index (χ3v) is 11.4. The third kappa shape index (κ3) is 4.83. The lowest BCUT2D eigenvalue weighted by atomic mass is 9.59. The van der Waals surface area contributed by atoms with Gasteiger partial charge in [-0.05, 0) is 60.6 Å². The van der Waals surface area contributed by atoms with Crippen LogP contribution in [-0.4, -0.2) is 50.9 Å². The van der Waals surface area contributed by atoms with Crippen molar-refractivity contribution in [3.63, 3.8) is 0 Å². The first kappa shape index (κ1) is 28.2. The molecule has 1 amide bonds. The minimum atomic E-state index is -4.43. The first-order valence-electron chi connectivity index (χ1n) is 12.8. The molecule has 3 heterocycles. The van der Waals surface area contributed by atoms with Gasteiger partial charge in [0.15, 0.2) is 23.3 Å². The van der Waals surface area contributed by atoms with Crippen LogP contribution < -0.4 is 10.0 Å². The van der Waals surface area contributed by atoms with Gasteiger partial charge in [-0.1, -0.05) is 0 Å². The summed E-state index contributed by atoms with van der Waals surface area (Å²) in [6.45, 7) is -0.589. The highest BCUT2D eigenvalue weighted by atomic mass is 32.2. The molecule has 3 saturated carbocycles. The summed E-state index contributed by atoms with van der Waals surface area (Å²) in [5.41, 5.74) is -0.198. The van der Waals surface area contributed by atoms with Crippen molar-refractivity contribution in [1.29, 1.82) is 0 Å². The second-order valence-corrected chi connectivity index (χ2v) is 15.1. The predicted octanol–water partition coefficient (Wildman–Crippen LogP) is 3.39. The maximum atomic E-state index is 14.1. The van der Waals surface area contributed by atoms with Gasteiger partial charge in [0.1, 0.15) is 21.2 Å². The van der Waals surface area contributed by atoms with E-state index in [1.165, 1.54) is 10.3 Å². The number of rotatable bonds is 6. The number of thiophene rings is 1. The third-order valence-electron chi connectivity index (χ3n) is 8.26. The smallest absolute Gasteiger partial charge is 0.287 e. The number of benzene rings is 1. The Hall–Kier alpha value is -2.95. The number of nitrogens with zero attached hydrogens (tertiary/aromatic N) is 2. The molecule has 3 fully saturated rings. The Kier molecular flexibility index (Phi) is 6.75. The number of carbonyl (C=O) groups excluding carboxylic acids is 1. The number of amidine groups is 1. The molecule has 3 N–H and O–H groups in total. The highest BCUT2D eigenvalue weighted by Crippen LogP contribution is 2.52. The molecule has 1 aromatic heterocycles. The second-order valence-electron chi connectivity index (χ2n) is 10.8. The number of hydrogen-bond acceptors (Lipinski definition) is 8. The Balaban J connectivity index is 1.41. The van der Waals surface area contributed by atoms with E-state index in [1.807, 2.05) is 0 Å². The van der Waals surface area contributed by atoms with E-state index in [9.17, 15) is 39.9 Å². The van der Waals surface area contributed by atoms with E-state index in [0.717, 1.165) is 55.4 Å². The molecule has 2 bridgehead atoms. The van der Waals surface area contributed by atoms with Crippen LogP contribution in [0.3, 0.4) is 0 Å². The summed E-state index contributed by atoms with van der Waals surface area (Å²) in [6.07, 6.45) is 4.09. The van der Waals surface area contributed by atoms with E-state index in [1.54, 1.807) is 0 Å². The normalized spacial score (nSPS) is 26.9. The molecule has 3 aliphatic carbocycles. The molecular weight excluding hydrogens is 605 g/mol. The van der Waals surface area contributed by atoms with Crippen molar-refractivity contribution in [2.24, 2.45) is 22.2 Å². The number of amides is 1. The van der Waals surface area contributed by atoms with Crippen LogP contribution in [0.2, 0.25) is 0 Å². The molecule has 2 aliphatic heterocycles. The molecule has 0 radical (unpaired) electrons. The van der Waals surface area contributed by atoms with Crippen molar-refractivity contribution in [3.05, 3.63) is 57.4 Å². The molecule has 41 heavy (non-hydrogen) atoms. The van der Waals surface area contributed by atoms with Crippen LogP contribution in [0.15, 0.2) is 38.1 Å². The molecule has 5 aliphatic rings. The Bertz CT molecular complexity index is 1720. The zero-order valence-electron chi connectivity index (χ0n) is 21.5. The molecule has 2 atom stereocenters. The molecule has 7 rings (SSSR count). The largest absolute Gasteiger partial charge is 0.511 e. The van der Waals surface area contributed by atoms with Gasteiger partial charge in [0.2, 0.25) is 10.0 Å². The lowest BCUT2D eigenvalue weighted by Gasteiger charge is -2.54. The summed E-state index contributed by atoms with van der Waals surface area (Å²) in [5, 5.41) is 15.9. The topological polar surface area (TPSA) is 145 Å². The van der Waals surface area contributed by atoms with Gasteiger partial charge >= 0.3 is 0 Å². The summed E-state index contributed by atoms with van der Waals surface area (Å²) >= 11 is 0.964. The van der Waals surface area contributed by atoms with Gasteiger partial charge in [0, 0.05) is 30.6 Å². The highest BCUT2D eigenvalue weighted by molar-refractivity contribution is 7.91. The van der Waals surface area contributed by atoms with Crippen LogP contribution in [-0.2, 0) is 37.9 Å². The first-order chi connectivity index (χ1) is 19.2. The maximum absolute atomic E-state index is 14.1. The Labute approximate surface area is 238 Å². The zero-order valence-corrected chi connectivity index (χ0v) is 24.0. The minimum absolute atomic E-state index is 0.00501. The minimum Gasteiger partial charge on any atom is -0.511 e. The first-order valence-corrected chi connectivity index (χ1v) is 17.0. The quantitative estimate of drug-likeness (QED) is 0.415. The molecule has 10 nitrogen and oxygen atoms in total. The Morgan fingerprint density at radius 3 is 2.41 bits per heavy atom. The lowest BCUT2D eigenvalue weighted by molar-refractivity contribution is -0.140. The van der Waals surface area contributed by atoms with Crippen LogP contribution in [0.25, 0.3) is 0 Å². The van der Waals surface area contributed by atoms with Gasteiger partial charge in [-0.3, -0.25) is 4.79 Å². The van der Waals surface area contributed by atoms with Crippen LogP contribution in [0.1, 0.15) is 36.8 Å². The van der Waals surface area contributed by atoms with Crippen LogP contribution in [0, 0.1) is 35.2 Å². The molecule has 0 spiro atoms. The average molecular weight is 631 g/mol. The van der Waals surface area contributed by atoms with Crippen molar-refractivity contribution in [1.82, 2.24) is 9.62 Å². The number of nitrogens with one attached hydrogen (secondary N) is 2. The summed E-state index contributed by atoms with van der Waals surface area (Å²) in [6, 6.07) is 1.12. The van der Waals surface area contributed by atoms with Gasteiger partial charge < -0.3 is 15.3 Å². The summed E-state index contributed by atoms with van der Waals surface area (Å²) < 4.78 is 97.4. The van der Waals surface area contributed by atoms with E-state index in [2.05, 4.69) is 14.4 Å². The van der Waals surface area contributed by atoms with Crippen molar-refractivity contribution < 1.29 is 39.9 Å². The molecule has 2 aromatic rings. The number of aliphatic hydroxyl groups excluding tert-OH is 1. The number of fused-ring (bicyclic) bond motifs is 3. The van der Waals surface area contributed by atoms with Crippen LogP contribution >= 0.6 is 11.3 Å². The van der Waals surface area contributed by atoms with E-state index in [0.29, 0.717) is 0 Å². The zero-order chi connectivity index (χ0) is 29.4. The van der Waals surface area contributed by atoms with Gasteiger partial charge in [0.05, 0.1) is 6.26 Å². The molecular formula is C25H25F3N4O6S3. The predicted molar refractivity (Wildman–Crippen MR) is 143 cm³/mol. The number of carbonyl (C=O) groups is 1. The maximum Gasteiger partial charge on any atom is 0.287 e. The lowest BCUT2D eigenvalue weighted by Crippen LogP contribution is -2.60. The van der Waals surface area contributed by atoms with E-state index in [4.69, 9.17) is 0 Å². The second kappa shape index (κ2) is 9.81. The average Bonchev–Trinajstić information content (AvgIpc) is 3.32. The fourth-order valence-electron chi connectivity index (χ4n) is 6.59. The van der Waals surface area contributed by atoms with E-state index in [-0.39, 0.29) is 57.3 Å². The molecule has 220 valence electrons. The van der Waals surface area contributed by atoms with E-state index < -0.39 is 61.2 Å². The summed E-state index contributed by atoms with van der Waals surface area (Å²) in [5.74, 6) is -6.45. The molecule has 16 heteroatoms. The molecule has 1 aromatic carbocycles. The van der Waals surface area contributed by atoms with Crippen LogP contribution in [0.5, 0.6) is 0 Å². The van der Waals surface area contributed by atoms with Gasteiger partial charge in [-0.25, -0.2) is 26.3 Å². The summed E-state index contributed by atoms with van der Waals surface area (Å²) in [7, 11) is -8.05. The van der Waals surface area contributed by atoms with Gasteiger partial charge in [0.25, 0.3) is 15.9 Å².